The number of fused-ring (bicyclic) bond motifs is 1. The van der Waals surface area contributed by atoms with Crippen molar-refractivity contribution in [1.29, 1.82) is 0 Å². The zero-order chi connectivity index (χ0) is 32.4. The molecule has 1 unspecified atom stereocenters. The molecule has 6 rings (SSSR count). The van der Waals surface area contributed by atoms with Gasteiger partial charge in [-0.1, -0.05) is 34.8 Å². The molecule has 3 fully saturated rings. The first-order valence-corrected chi connectivity index (χ1v) is 17.2. The van der Waals surface area contributed by atoms with Gasteiger partial charge in [0, 0.05) is 55.2 Å². The van der Waals surface area contributed by atoms with Crippen molar-refractivity contribution in [3.8, 4) is 5.75 Å². The Labute approximate surface area is 275 Å². The van der Waals surface area contributed by atoms with E-state index in [1.165, 1.54) is 12.1 Å². The number of unbranched alkanes of at least 4 members (excludes halogenated alkanes) is 1. The third-order valence-electron chi connectivity index (χ3n) is 9.85. The summed E-state index contributed by atoms with van der Waals surface area (Å²) < 4.78 is 48.3. The lowest BCUT2D eigenvalue weighted by Gasteiger charge is -2.36. The molecular weight excluding hydrogens is 663 g/mol. The molecule has 3 aliphatic rings. The van der Waals surface area contributed by atoms with Gasteiger partial charge < -0.3 is 9.64 Å². The van der Waals surface area contributed by atoms with Crippen molar-refractivity contribution < 1.29 is 27.5 Å². The maximum atomic E-state index is 13.5. The molecular formula is C34H41BrF3N5O3. The van der Waals surface area contributed by atoms with E-state index in [4.69, 9.17) is 4.74 Å². The predicted molar refractivity (Wildman–Crippen MR) is 174 cm³/mol. The topological polar surface area (TPSA) is 79.7 Å². The third-order valence-corrected chi connectivity index (χ3v) is 10.5. The van der Waals surface area contributed by atoms with Crippen molar-refractivity contribution in [3.63, 3.8) is 0 Å². The van der Waals surface area contributed by atoms with Crippen LogP contribution in [0.3, 0.4) is 0 Å². The summed E-state index contributed by atoms with van der Waals surface area (Å²) in [5.74, 6) is -0.365. The van der Waals surface area contributed by atoms with Gasteiger partial charge in [-0.05, 0) is 81.3 Å². The molecule has 2 saturated heterocycles. The summed E-state index contributed by atoms with van der Waals surface area (Å²) >= 11 is 3.03. The van der Waals surface area contributed by atoms with Crippen LogP contribution in [0.2, 0.25) is 0 Å². The average molecular weight is 705 g/mol. The number of halogens is 4. The highest BCUT2D eigenvalue weighted by atomic mass is 79.9. The molecule has 2 amide bonds. The van der Waals surface area contributed by atoms with Crippen LogP contribution in [0.1, 0.15) is 75.0 Å². The Kier molecular flexibility index (Phi) is 9.94. The van der Waals surface area contributed by atoms with Crippen LogP contribution in [0.5, 0.6) is 5.75 Å². The standard InChI is InChI=1S/C34H41BrF3N5O3/c1-41-28-21-23(10-13-25(28)32(40-41)26-14-15-30(44)39-33(26)45)43-19-17-42(18-20-43)16-3-2-5-22-8-11-24(12-9-22)46-29-7-4-6-27(35)31(29)34(36,37)38/h4,6-7,10,13,21-22,24,26H,2-3,5,8-9,11-12,14-20H2,1H3,(H,39,44,45)/t22-,24-,26?. The molecule has 0 radical (unpaired) electrons. The van der Waals surface area contributed by atoms with Crippen LogP contribution in [0.15, 0.2) is 40.9 Å². The van der Waals surface area contributed by atoms with Crippen molar-refractivity contribution in [2.24, 2.45) is 13.0 Å². The molecule has 12 heteroatoms. The van der Waals surface area contributed by atoms with E-state index >= 15 is 0 Å². The van der Waals surface area contributed by atoms with E-state index in [1.807, 2.05) is 11.7 Å². The number of carbonyl (C=O) groups is 2. The van der Waals surface area contributed by atoms with E-state index in [0.29, 0.717) is 18.8 Å². The summed E-state index contributed by atoms with van der Waals surface area (Å²) in [6, 6.07) is 10.7. The summed E-state index contributed by atoms with van der Waals surface area (Å²) in [5.41, 5.74) is 2.15. The molecule has 1 atom stereocenters. The number of imide groups is 1. The van der Waals surface area contributed by atoms with Gasteiger partial charge in [-0.2, -0.15) is 18.3 Å². The number of anilines is 1. The maximum absolute atomic E-state index is 13.5. The Balaban J connectivity index is 0.918. The van der Waals surface area contributed by atoms with Crippen LogP contribution in [-0.2, 0) is 22.8 Å². The van der Waals surface area contributed by atoms with Crippen molar-refractivity contribution in [2.45, 2.75) is 76.0 Å². The summed E-state index contributed by atoms with van der Waals surface area (Å²) in [7, 11) is 1.90. The van der Waals surface area contributed by atoms with E-state index in [9.17, 15) is 22.8 Å². The fourth-order valence-corrected chi connectivity index (χ4v) is 7.85. The third kappa shape index (κ3) is 7.38. The summed E-state index contributed by atoms with van der Waals surface area (Å²) in [6.45, 7) is 4.97. The molecule has 2 aromatic carbocycles. The van der Waals surface area contributed by atoms with E-state index < -0.39 is 17.7 Å². The molecule has 0 bridgehead atoms. The quantitative estimate of drug-likeness (QED) is 0.195. The molecule has 3 heterocycles. The fourth-order valence-electron chi connectivity index (χ4n) is 7.28. The van der Waals surface area contributed by atoms with Gasteiger partial charge in [0.25, 0.3) is 0 Å². The summed E-state index contributed by atoms with van der Waals surface area (Å²) in [6.07, 6.45) is 3.22. The number of nitrogens with one attached hydrogen (secondary N) is 1. The molecule has 1 aliphatic carbocycles. The molecule has 1 N–H and O–H groups in total. The van der Waals surface area contributed by atoms with Gasteiger partial charge in [-0.15, -0.1) is 0 Å². The minimum absolute atomic E-state index is 0.0147. The fraction of sp³-hybridized carbons (Fsp3) is 0.559. The number of hydrogen-bond acceptors (Lipinski definition) is 6. The van der Waals surface area contributed by atoms with Crippen molar-refractivity contribution >= 4 is 44.3 Å². The van der Waals surface area contributed by atoms with Gasteiger partial charge in [0.1, 0.15) is 11.3 Å². The van der Waals surface area contributed by atoms with E-state index in [1.54, 1.807) is 6.07 Å². The Morgan fingerprint density at radius 3 is 2.48 bits per heavy atom. The molecule has 46 heavy (non-hydrogen) atoms. The molecule has 248 valence electrons. The number of rotatable bonds is 9. The largest absolute Gasteiger partial charge is 0.490 e. The van der Waals surface area contributed by atoms with Crippen molar-refractivity contribution in [2.75, 3.05) is 37.6 Å². The Morgan fingerprint density at radius 2 is 1.76 bits per heavy atom. The zero-order valence-corrected chi connectivity index (χ0v) is 27.7. The average Bonchev–Trinajstić information content (AvgIpc) is 3.35. The van der Waals surface area contributed by atoms with Gasteiger partial charge >= 0.3 is 6.18 Å². The molecule has 2 aliphatic heterocycles. The van der Waals surface area contributed by atoms with E-state index in [2.05, 4.69) is 54.3 Å². The number of ether oxygens (including phenoxy) is 1. The molecule has 8 nitrogen and oxygen atoms in total. The number of aryl methyl sites for hydroxylation is 1. The lowest BCUT2D eigenvalue weighted by atomic mass is 9.84. The van der Waals surface area contributed by atoms with E-state index in [0.717, 1.165) is 100.0 Å². The highest BCUT2D eigenvalue weighted by Gasteiger charge is 2.38. The number of nitrogens with zero attached hydrogens (tertiary/aromatic N) is 4. The lowest BCUT2D eigenvalue weighted by molar-refractivity contribution is -0.140. The molecule has 1 saturated carbocycles. The first-order valence-electron chi connectivity index (χ1n) is 16.4. The summed E-state index contributed by atoms with van der Waals surface area (Å²) in [4.78, 5) is 29.0. The van der Waals surface area contributed by atoms with Gasteiger partial charge in [0.05, 0.1) is 23.2 Å². The van der Waals surface area contributed by atoms with Gasteiger partial charge in [-0.3, -0.25) is 24.5 Å². The van der Waals surface area contributed by atoms with Crippen LogP contribution in [0.4, 0.5) is 18.9 Å². The van der Waals surface area contributed by atoms with Crippen molar-refractivity contribution in [1.82, 2.24) is 20.0 Å². The number of benzene rings is 2. The number of piperidine rings is 1. The van der Waals surface area contributed by atoms with Gasteiger partial charge in [0.15, 0.2) is 0 Å². The van der Waals surface area contributed by atoms with Gasteiger partial charge in [0.2, 0.25) is 11.8 Å². The first kappa shape index (κ1) is 32.8. The minimum Gasteiger partial charge on any atom is -0.490 e. The molecule has 3 aromatic rings. The van der Waals surface area contributed by atoms with Crippen molar-refractivity contribution in [3.05, 3.63) is 52.1 Å². The number of amides is 2. The Bertz CT molecular complexity index is 1560. The second kappa shape index (κ2) is 13.9. The van der Waals surface area contributed by atoms with E-state index in [-0.39, 0.29) is 28.1 Å². The van der Waals surface area contributed by atoms with Crippen LogP contribution in [0.25, 0.3) is 10.9 Å². The van der Waals surface area contributed by atoms with Crippen LogP contribution in [-0.4, -0.2) is 65.3 Å². The molecule has 0 spiro atoms. The lowest BCUT2D eigenvalue weighted by Crippen LogP contribution is -2.46. The zero-order valence-electron chi connectivity index (χ0n) is 26.1. The van der Waals surface area contributed by atoms with Crippen LogP contribution >= 0.6 is 15.9 Å². The minimum atomic E-state index is -4.46. The predicted octanol–water partition coefficient (Wildman–Crippen LogP) is 6.80. The Hall–Kier alpha value is -3.12. The smallest absolute Gasteiger partial charge is 0.421 e. The van der Waals surface area contributed by atoms with Crippen LogP contribution < -0.4 is 15.0 Å². The Morgan fingerprint density at radius 1 is 1.00 bits per heavy atom. The second-order valence-electron chi connectivity index (χ2n) is 12.9. The molecule has 1 aromatic heterocycles. The summed E-state index contributed by atoms with van der Waals surface area (Å²) in [5, 5.41) is 8.07. The number of alkyl halides is 3. The maximum Gasteiger partial charge on any atom is 0.421 e. The highest BCUT2D eigenvalue weighted by molar-refractivity contribution is 9.10. The SMILES string of the molecule is Cn1nc(C2CCC(=O)NC2=O)c2ccc(N3CCN(CCCC[C@H]4CC[C@H](Oc5cccc(Br)c5C(F)(F)F)CC4)CC3)cc21. The first-order chi connectivity index (χ1) is 22.1. The monoisotopic (exact) mass is 703 g/mol. The number of aromatic nitrogens is 2. The number of hydrogen-bond donors (Lipinski definition) is 1. The number of carbonyl (C=O) groups excluding carboxylic acids is 2. The van der Waals surface area contributed by atoms with Crippen LogP contribution in [0, 0.1) is 5.92 Å². The second-order valence-corrected chi connectivity index (χ2v) is 13.8. The number of piperazine rings is 1. The normalized spacial score (nSPS) is 23.2. The van der Waals surface area contributed by atoms with Gasteiger partial charge in [-0.25, -0.2) is 0 Å². The highest BCUT2D eigenvalue weighted by Crippen LogP contribution is 2.42.